The van der Waals surface area contributed by atoms with Crippen molar-refractivity contribution in [3.05, 3.63) is 17.3 Å². The summed E-state index contributed by atoms with van der Waals surface area (Å²) in [6.45, 7) is 8.08. The number of nitrogens with zero attached hydrogens (tertiary/aromatic N) is 2. The number of thioether (sulfide) groups is 1. The molecule has 2 aromatic heterocycles. The Labute approximate surface area is 121 Å². The number of ether oxygens (including phenoxy) is 1. The molecule has 0 spiro atoms. The molecule has 1 N–H and O–H groups in total. The Hall–Kier alpha value is -0.560. The molecule has 0 atom stereocenters. The molecule has 1 saturated heterocycles. The SMILES string of the molecule is CC(C)CNCc1c(SC2COC2)nc2sccn12. The van der Waals surface area contributed by atoms with Crippen LogP contribution in [0.25, 0.3) is 4.96 Å². The number of fused-ring (bicyclic) bond motifs is 1. The van der Waals surface area contributed by atoms with Crippen LogP contribution in [0.5, 0.6) is 0 Å². The Bertz CT molecular complexity index is 545. The van der Waals surface area contributed by atoms with E-state index in [1.165, 1.54) is 5.69 Å². The number of hydrogen-bond donors (Lipinski definition) is 1. The highest BCUT2D eigenvalue weighted by Crippen LogP contribution is 2.31. The van der Waals surface area contributed by atoms with E-state index in [4.69, 9.17) is 9.72 Å². The lowest BCUT2D eigenvalue weighted by Gasteiger charge is -2.24. The van der Waals surface area contributed by atoms with Crippen molar-refractivity contribution in [2.24, 2.45) is 5.92 Å². The normalized spacial score (nSPS) is 16.4. The zero-order valence-corrected chi connectivity index (χ0v) is 12.9. The van der Waals surface area contributed by atoms with Gasteiger partial charge in [-0.15, -0.1) is 11.3 Å². The van der Waals surface area contributed by atoms with Gasteiger partial charge in [-0.3, -0.25) is 4.40 Å². The minimum atomic E-state index is 0.577. The molecule has 19 heavy (non-hydrogen) atoms. The van der Waals surface area contributed by atoms with Crippen molar-refractivity contribution in [2.75, 3.05) is 19.8 Å². The third-order valence-corrected chi connectivity index (χ3v) is 4.97. The second-order valence-electron chi connectivity index (χ2n) is 5.22. The van der Waals surface area contributed by atoms with E-state index in [-0.39, 0.29) is 0 Å². The predicted octanol–water partition coefficient (Wildman–Crippen LogP) is 2.63. The molecule has 0 saturated carbocycles. The number of imidazole rings is 1. The topological polar surface area (TPSA) is 38.6 Å². The van der Waals surface area contributed by atoms with Crippen LogP contribution in [0.4, 0.5) is 0 Å². The maximum Gasteiger partial charge on any atom is 0.194 e. The summed E-state index contributed by atoms with van der Waals surface area (Å²) in [6, 6.07) is 0. The fourth-order valence-corrected chi connectivity index (χ4v) is 3.87. The summed E-state index contributed by atoms with van der Waals surface area (Å²) in [5, 5.41) is 7.35. The van der Waals surface area contributed by atoms with Gasteiger partial charge in [0.25, 0.3) is 0 Å². The largest absolute Gasteiger partial charge is 0.379 e. The molecule has 1 fully saturated rings. The van der Waals surface area contributed by atoms with Gasteiger partial charge in [-0.2, -0.15) is 0 Å². The molecule has 0 bridgehead atoms. The van der Waals surface area contributed by atoms with Crippen molar-refractivity contribution in [1.82, 2.24) is 14.7 Å². The van der Waals surface area contributed by atoms with E-state index in [1.54, 1.807) is 11.3 Å². The lowest BCUT2D eigenvalue weighted by Crippen LogP contribution is -2.30. The van der Waals surface area contributed by atoms with Crippen LogP contribution in [0.2, 0.25) is 0 Å². The molecule has 0 unspecified atom stereocenters. The van der Waals surface area contributed by atoms with E-state index in [0.29, 0.717) is 11.2 Å². The average molecular weight is 297 g/mol. The Morgan fingerprint density at radius 1 is 1.58 bits per heavy atom. The van der Waals surface area contributed by atoms with Crippen LogP contribution < -0.4 is 5.32 Å². The molecule has 0 aromatic carbocycles. The minimum absolute atomic E-state index is 0.577. The summed E-state index contributed by atoms with van der Waals surface area (Å²) < 4.78 is 7.45. The number of rotatable bonds is 6. The van der Waals surface area contributed by atoms with E-state index < -0.39 is 0 Å². The number of hydrogen-bond acceptors (Lipinski definition) is 5. The van der Waals surface area contributed by atoms with Crippen LogP contribution in [0.3, 0.4) is 0 Å². The van der Waals surface area contributed by atoms with E-state index in [9.17, 15) is 0 Å². The Morgan fingerprint density at radius 3 is 3.11 bits per heavy atom. The highest BCUT2D eigenvalue weighted by molar-refractivity contribution is 8.00. The zero-order valence-electron chi connectivity index (χ0n) is 11.3. The number of nitrogens with one attached hydrogen (secondary N) is 1. The summed E-state index contributed by atoms with van der Waals surface area (Å²) in [4.78, 5) is 5.83. The van der Waals surface area contributed by atoms with Crippen molar-refractivity contribution < 1.29 is 4.74 Å². The predicted molar refractivity (Wildman–Crippen MR) is 80.1 cm³/mol. The van der Waals surface area contributed by atoms with Crippen LogP contribution in [-0.4, -0.2) is 34.4 Å². The monoisotopic (exact) mass is 297 g/mol. The van der Waals surface area contributed by atoms with E-state index >= 15 is 0 Å². The van der Waals surface area contributed by atoms with E-state index in [2.05, 4.69) is 35.1 Å². The molecule has 4 nitrogen and oxygen atoms in total. The Balaban J connectivity index is 1.76. The summed E-state index contributed by atoms with van der Waals surface area (Å²) in [7, 11) is 0. The van der Waals surface area contributed by atoms with Gasteiger partial charge >= 0.3 is 0 Å². The van der Waals surface area contributed by atoms with Gasteiger partial charge in [0.15, 0.2) is 4.96 Å². The van der Waals surface area contributed by atoms with Gasteiger partial charge in [0.05, 0.1) is 24.2 Å². The summed E-state index contributed by atoms with van der Waals surface area (Å²) in [5.74, 6) is 0.669. The molecule has 3 rings (SSSR count). The third-order valence-electron chi connectivity index (χ3n) is 3.06. The maximum absolute atomic E-state index is 5.25. The van der Waals surface area contributed by atoms with E-state index in [0.717, 1.165) is 36.3 Å². The molecule has 1 aliphatic heterocycles. The third kappa shape index (κ3) is 2.97. The van der Waals surface area contributed by atoms with Crippen LogP contribution >= 0.6 is 23.1 Å². The number of aromatic nitrogens is 2. The first-order valence-corrected chi connectivity index (χ1v) is 8.39. The van der Waals surface area contributed by atoms with Gasteiger partial charge in [0.1, 0.15) is 5.03 Å². The van der Waals surface area contributed by atoms with Gasteiger partial charge in [-0.25, -0.2) is 4.98 Å². The average Bonchev–Trinajstić information content (AvgIpc) is 2.85. The van der Waals surface area contributed by atoms with Crippen molar-refractivity contribution >= 4 is 28.1 Å². The first kappa shape index (κ1) is 13.4. The van der Waals surface area contributed by atoms with Crippen LogP contribution in [0.15, 0.2) is 16.6 Å². The standard InChI is InChI=1S/C13H19N3OS2/c1-9(2)5-14-6-11-12(19-10-7-17-8-10)15-13-16(11)3-4-18-13/h3-4,9-10,14H,5-8H2,1-2H3. The lowest BCUT2D eigenvalue weighted by atomic mass is 10.2. The molecular weight excluding hydrogens is 278 g/mol. The van der Waals surface area contributed by atoms with Crippen molar-refractivity contribution in [2.45, 2.75) is 30.7 Å². The van der Waals surface area contributed by atoms with Crippen LogP contribution in [0.1, 0.15) is 19.5 Å². The molecule has 1 aliphatic rings. The Kier molecular flexibility index (Phi) is 4.12. The van der Waals surface area contributed by atoms with Gasteiger partial charge in [0, 0.05) is 18.1 Å². The van der Waals surface area contributed by atoms with Crippen LogP contribution in [-0.2, 0) is 11.3 Å². The molecule has 0 amide bonds. The molecule has 2 aromatic rings. The quantitative estimate of drug-likeness (QED) is 0.889. The van der Waals surface area contributed by atoms with Crippen molar-refractivity contribution in [1.29, 1.82) is 0 Å². The number of thiazole rings is 1. The fourth-order valence-electron chi connectivity index (χ4n) is 1.99. The van der Waals surface area contributed by atoms with Crippen molar-refractivity contribution in [3.8, 4) is 0 Å². The maximum atomic E-state index is 5.25. The summed E-state index contributed by atoms with van der Waals surface area (Å²) in [6.07, 6.45) is 2.11. The second kappa shape index (κ2) is 5.83. The summed E-state index contributed by atoms with van der Waals surface area (Å²) in [5.41, 5.74) is 1.29. The molecule has 6 heteroatoms. The van der Waals surface area contributed by atoms with Gasteiger partial charge < -0.3 is 10.1 Å². The van der Waals surface area contributed by atoms with Gasteiger partial charge in [-0.1, -0.05) is 25.6 Å². The summed E-state index contributed by atoms with van der Waals surface area (Å²) >= 11 is 3.55. The Morgan fingerprint density at radius 2 is 2.42 bits per heavy atom. The van der Waals surface area contributed by atoms with E-state index in [1.807, 2.05) is 11.8 Å². The zero-order chi connectivity index (χ0) is 13.2. The minimum Gasteiger partial charge on any atom is -0.379 e. The molecular formula is C13H19N3OS2. The fraction of sp³-hybridized carbons (Fsp3) is 0.615. The van der Waals surface area contributed by atoms with Crippen molar-refractivity contribution in [3.63, 3.8) is 0 Å². The highest BCUT2D eigenvalue weighted by atomic mass is 32.2. The smallest absolute Gasteiger partial charge is 0.194 e. The van der Waals surface area contributed by atoms with Gasteiger partial charge in [0.2, 0.25) is 0 Å². The molecule has 0 radical (unpaired) electrons. The first-order chi connectivity index (χ1) is 9.24. The van der Waals surface area contributed by atoms with Crippen LogP contribution in [0, 0.1) is 5.92 Å². The highest BCUT2D eigenvalue weighted by Gasteiger charge is 2.23. The lowest BCUT2D eigenvalue weighted by molar-refractivity contribution is 0.0454. The van der Waals surface area contributed by atoms with Gasteiger partial charge in [-0.05, 0) is 12.5 Å². The molecule has 3 heterocycles. The first-order valence-electron chi connectivity index (χ1n) is 6.63. The second-order valence-corrected chi connectivity index (χ2v) is 7.38. The molecule has 104 valence electrons. The molecule has 0 aliphatic carbocycles.